The van der Waals surface area contributed by atoms with Gasteiger partial charge in [0.25, 0.3) is 0 Å². The van der Waals surface area contributed by atoms with Crippen molar-refractivity contribution in [3.05, 3.63) is 47.3 Å². The molecule has 0 saturated heterocycles. The Balaban J connectivity index is 1.40. The highest BCUT2D eigenvalue weighted by atomic mass is 16.5. The SMILES string of the molecule is O=C(CN1CCOc2ccccc2C1)N1CCn2nc(CO)cc2C1. The highest BCUT2D eigenvalue weighted by Crippen LogP contribution is 2.22. The number of fused-ring (bicyclic) bond motifs is 2. The van der Waals surface area contributed by atoms with Crippen molar-refractivity contribution in [3.8, 4) is 5.75 Å². The fourth-order valence-corrected chi connectivity index (χ4v) is 3.42. The monoisotopic (exact) mass is 342 g/mol. The lowest BCUT2D eigenvalue weighted by Gasteiger charge is -2.30. The summed E-state index contributed by atoms with van der Waals surface area (Å²) in [5.74, 6) is 1.04. The van der Waals surface area contributed by atoms with Gasteiger partial charge in [-0.2, -0.15) is 5.10 Å². The molecule has 3 heterocycles. The molecular weight excluding hydrogens is 320 g/mol. The van der Waals surface area contributed by atoms with Gasteiger partial charge in [0.1, 0.15) is 12.4 Å². The molecule has 0 unspecified atom stereocenters. The maximum Gasteiger partial charge on any atom is 0.237 e. The van der Waals surface area contributed by atoms with Crippen LogP contribution in [0.2, 0.25) is 0 Å². The highest BCUT2D eigenvalue weighted by molar-refractivity contribution is 5.78. The van der Waals surface area contributed by atoms with Crippen molar-refractivity contribution in [1.29, 1.82) is 0 Å². The van der Waals surface area contributed by atoms with E-state index in [0.29, 0.717) is 38.5 Å². The molecule has 7 heteroatoms. The van der Waals surface area contributed by atoms with Crippen LogP contribution in [0.1, 0.15) is 17.0 Å². The van der Waals surface area contributed by atoms with E-state index in [2.05, 4.69) is 10.00 Å². The molecule has 0 saturated carbocycles. The lowest BCUT2D eigenvalue weighted by atomic mass is 10.2. The van der Waals surface area contributed by atoms with E-state index in [4.69, 9.17) is 4.74 Å². The Hall–Kier alpha value is -2.38. The number of ether oxygens (including phenoxy) is 1. The normalized spacial score (nSPS) is 17.4. The van der Waals surface area contributed by atoms with Gasteiger partial charge in [-0.3, -0.25) is 14.4 Å². The van der Waals surface area contributed by atoms with Crippen molar-refractivity contribution in [1.82, 2.24) is 19.6 Å². The number of nitrogens with zero attached hydrogens (tertiary/aromatic N) is 4. The molecule has 0 aliphatic carbocycles. The maximum atomic E-state index is 12.7. The Morgan fingerprint density at radius 3 is 2.96 bits per heavy atom. The Morgan fingerprint density at radius 2 is 2.08 bits per heavy atom. The van der Waals surface area contributed by atoms with Crippen LogP contribution in [0.25, 0.3) is 0 Å². The molecule has 0 bridgehead atoms. The molecule has 0 atom stereocenters. The number of aliphatic hydroxyl groups excluding tert-OH is 1. The van der Waals surface area contributed by atoms with Crippen LogP contribution in [-0.4, -0.2) is 56.8 Å². The van der Waals surface area contributed by atoms with Gasteiger partial charge in [-0.05, 0) is 12.1 Å². The molecule has 1 N–H and O–H groups in total. The van der Waals surface area contributed by atoms with Crippen molar-refractivity contribution < 1.29 is 14.6 Å². The minimum Gasteiger partial charge on any atom is -0.492 e. The van der Waals surface area contributed by atoms with E-state index in [-0.39, 0.29) is 12.5 Å². The van der Waals surface area contributed by atoms with Crippen LogP contribution in [0, 0.1) is 0 Å². The minimum atomic E-state index is -0.0683. The van der Waals surface area contributed by atoms with Crippen LogP contribution < -0.4 is 4.74 Å². The Kier molecular flexibility index (Phi) is 4.42. The second-order valence-electron chi connectivity index (χ2n) is 6.49. The molecule has 1 aromatic heterocycles. The van der Waals surface area contributed by atoms with Crippen molar-refractivity contribution in [2.75, 3.05) is 26.2 Å². The topological polar surface area (TPSA) is 70.8 Å². The Morgan fingerprint density at radius 1 is 1.20 bits per heavy atom. The van der Waals surface area contributed by atoms with E-state index in [9.17, 15) is 9.90 Å². The summed E-state index contributed by atoms with van der Waals surface area (Å²) in [7, 11) is 0. The molecule has 4 rings (SSSR count). The van der Waals surface area contributed by atoms with Gasteiger partial charge in [0.15, 0.2) is 0 Å². The van der Waals surface area contributed by atoms with E-state index < -0.39 is 0 Å². The molecule has 2 aliphatic heterocycles. The molecule has 7 nitrogen and oxygen atoms in total. The summed E-state index contributed by atoms with van der Waals surface area (Å²) in [6.07, 6.45) is 0. The van der Waals surface area contributed by atoms with Crippen LogP contribution in [0.3, 0.4) is 0 Å². The largest absolute Gasteiger partial charge is 0.492 e. The highest BCUT2D eigenvalue weighted by Gasteiger charge is 2.25. The van der Waals surface area contributed by atoms with Gasteiger partial charge >= 0.3 is 0 Å². The number of amides is 1. The number of hydrogen-bond acceptors (Lipinski definition) is 5. The third kappa shape index (κ3) is 3.38. The van der Waals surface area contributed by atoms with Gasteiger partial charge < -0.3 is 14.7 Å². The molecule has 25 heavy (non-hydrogen) atoms. The molecule has 0 spiro atoms. The summed E-state index contributed by atoms with van der Waals surface area (Å²) in [5.41, 5.74) is 2.76. The zero-order valence-corrected chi connectivity index (χ0v) is 14.1. The average molecular weight is 342 g/mol. The lowest BCUT2D eigenvalue weighted by Crippen LogP contribution is -2.44. The first-order valence-electron chi connectivity index (χ1n) is 8.60. The predicted molar refractivity (Wildman–Crippen MR) is 90.8 cm³/mol. The fraction of sp³-hybridized carbons (Fsp3) is 0.444. The third-order valence-corrected chi connectivity index (χ3v) is 4.75. The number of carbonyl (C=O) groups excluding carboxylic acids is 1. The smallest absolute Gasteiger partial charge is 0.237 e. The first kappa shape index (κ1) is 16.1. The molecule has 2 aromatic rings. The summed E-state index contributed by atoms with van der Waals surface area (Å²) in [4.78, 5) is 16.8. The van der Waals surface area contributed by atoms with E-state index in [1.807, 2.05) is 39.9 Å². The van der Waals surface area contributed by atoms with E-state index in [0.717, 1.165) is 30.1 Å². The van der Waals surface area contributed by atoms with Crippen molar-refractivity contribution in [2.45, 2.75) is 26.2 Å². The van der Waals surface area contributed by atoms with Gasteiger partial charge in [-0.25, -0.2) is 0 Å². The summed E-state index contributed by atoms with van der Waals surface area (Å²) >= 11 is 0. The van der Waals surface area contributed by atoms with Crippen LogP contribution in [0.4, 0.5) is 0 Å². The van der Waals surface area contributed by atoms with Crippen LogP contribution in [0.5, 0.6) is 5.75 Å². The molecule has 1 amide bonds. The number of hydrogen-bond donors (Lipinski definition) is 1. The number of aromatic nitrogens is 2. The molecule has 1 aromatic carbocycles. The first-order chi connectivity index (χ1) is 12.2. The van der Waals surface area contributed by atoms with Crippen molar-refractivity contribution in [2.24, 2.45) is 0 Å². The second-order valence-corrected chi connectivity index (χ2v) is 6.49. The first-order valence-corrected chi connectivity index (χ1v) is 8.60. The predicted octanol–water partition coefficient (Wildman–Crippen LogP) is 0.612. The minimum absolute atomic E-state index is 0.0683. The number of benzene rings is 1. The summed E-state index contributed by atoms with van der Waals surface area (Å²) in [6.45, 7) is 4.25. The molecule has 0 radical (unpaired) electrons. The van der Waals surface area contributed by atoms with E-state index >= 15 is 0 Å². The van der Waals surface area contributed by atoms with Gasteiger partial charge in [0.2, 0.25) is 5.91 Å². The number of aliphatic hydroxyl groups is 1. The van der Waals surface area contributed by atoms with Crippen LogP contribution in [0.15, 0.2) is 30.3 Å². The molecule has 132 valence electrons. The van der Waals surface area contributed by atoms with Crippen molar-refractivity contribution in [3.63, 3.8) is 0 Å². The van der Waals surface area contributed by atoms with Gasteiger partial charge in [-0.1, -0.05) is 18.2 Å². The maximum absolute atomic E-state index is 12.7. The average Bonchev–Trinajstić information content (AvgIpc) is 2.94. The third-order valence-electron chi connectivity index (χ3n) is 4.75. The fourth-order valence-electron chi connectivity index (χ4n) is 3.42. The molecular formula is C18H22N4O3. The summed E-state index contributed by atoms with van der Waals surface area (Å²) in [6, 6.07) is 9.86. The Bertz CT molecular complexity index is 773. The van der Waals surface area contributed by atoms with Crippen LogP contribution in [-0.2, 0) is 31.0 Å². The second kappa shape index (κ2) is 6.85. The number of para-hydroxylation sites is 1. The summed E-state index contributed by atoms with van der Waals surface area (Å²) in [5, 5.41) is 13.5. The van der Waals surface area contributed by atoms with Crippen LogP contribution >= 0.6 is 0 Å². The number of rotatable bonds is 3. The quantitative estimate of drug-likeness (QED) is 0.885. The van der Waals surface area contributed by atoms with E-state index in [1.54, 1.807) is 0 Å². The van der Waals surface area contributed by atoms with E-state index in [1.165, 1.54) is 0 Å². The standard InChI is InChI=1S/C18H22N4O3/c23-13-15-9-16-11-21(5-6-22(16)19-15)18(24)12-20-7-8-25-17-4-2-1-3-14(17)10-20/h1-4,9,23H,5-8,10-13H2. The molecule has 0 fully saturated rings. The molecule has 2 aliphatic rings. The van der Waals surface area contributed by atoms with Crippen molar-refractivity contribution >= 4 is 5.91 Å². The Labute approximate surface area is 146 Å². The summed E-state index contributed by atoms with van der Waals surface area (Å²) < 4.78 is 7.65. The van der Waals surface area contributed by atoms with Gasteiger partial charge in [0, 0.05) is 25.2 Å². The zero-order chi connectivity index (χ0) is 17.2. The zero-order valence-electron chi connectivity index (χ0n) is 14.1. The van der Waals surface area contributed by atoms with Gasteiger partial charge in [0.05, 0.1) is 37.6 Å². The lowest BCUT2D eigenvalue weighted by molar-refractivity contribution is -0.134. The number of carbonyl (C=O) groups is 1. The van der Waals surface area contributed by atoms with Gasteiger partial charge in [-0.15, -0.1) is 0 Å².